The van der Waals surface area contributed by atoms with Crippen LogP contribution < -0.4 is 4.74 Å². The second kappa shape index (κ2) is 7.59. The summed E-state index contributed by atoms with van der Waals surface area (Å²) in [7, 11) is 0. The molecule has 2 aromatic carbocycles. The maximum absolute atomic E-state index is 13.2. The van der Waals surface area contributed by atoms with Crippen LogP contribution in [0, 0.1) is 6.92 Å². The number of rotatable bonds is 3. The molecule has 0 radical (unpaired) electrons. The third-order valence-corrected chi connectivity index (χ3v) is 5.38. The number of hydrogen-bond acceptors (Lipinski definition) is 10. The molecule has 4 rings (SSSR count). The molecule has 1 aliphatic carbocycles. The van der Waals surface area contributed by atoms with E-state index in [-0.39, 0.29) is 33.8 Å². The summed E-state index contributed by atoms with van der Waals surface area (Å²) in [5.41, 5.74) is -0.187. The second-order valence-corrected chi connectivity index (χ2v) is 7.55. The normalized spacial score (nSPS) is 27.6. The number of aliphatic hydroxyl groups is 4. The SMILES string of the molecule is Cc1cc(O[C@@H]2O[C@H](CO)[C@H](O)[C@@H](O)[C@H]2O)c2c(c1)C(=O)c1cc(O)cc(O)c1C2=O. The molecule has 0 bridgehead atoms. The highest BCUT2D eigenvalue weighted by Gasteiger charge is 2.45. The third-order valence-electron chi connectivity index (χ3n) is 5.38. The maximum Gasteiger partial charge on any atom is 0.229 e. The van der Waals surface area contributed by atoms with Gasteiger partial charge in [0.05, 0.1) is 17.7 Å². The van der Waals surface area contributed by atoms with Gasteiger partial charge >= 0.3 is 0 Å². The van der Waals surface area contributed by atoms with Crippen LogP contribution in [0.2, 0.25) is 0 Å². The Morgan fingerprint density at radius 1 is 0.903 bits per heavy atom. The fraction of sp³-hybridized carbons (Fsp3) is 0.333. The highest BCUT2D eigenvalue weighted by Crippen LogP contribution is 2.40. The Balaban J connectivity index is 1.79. The van der Waals surface area contributed by atoms with Crippen LogP contribution in [-0.2, 0) is 4.74 Å². The molecular formula is C21H20O10. The van der Waals surface area contributed by atoms with Crippen molar-refractivity contribution in [3.8, 4) is 17.2 Å². The zero-order valence-corrected chi connectivity index (χ0v) is 16.2. The standard InChI is InChI=1S/C21H20O10/c1-7-2-9-15(18(27)14-10(16(9)25)4-8(23)5-11(14)24)12(3-7)30-21-20(29)19(28)17(26)13(6-22)31-21/h2-5,13,17,19-24,26,28-29H,6H2,1H3/t13-,17+,19-,20-,21-/m1/s1. The predicted molar refractivity (Wildman–Crippen MR) is 102 cm³/mol. The molecule has 2 aromatic rings. The van der Waals surface area contributed by atoms with E-state index in [1.807, 2.05) is 0 Å². The monoisotopic (exact) mass is 432 g/mol. The Morgan fingerprint density at radius 2 is 1.58 bits per heavy atom. The van der Waals surface area contributed by atoms with Crippen LogP contribution in [0.4, 0.5) is 0 Å². The van der Waals surface area contributed by atoms with Crippen molar-refractivity contribution in [2.45, 2.75) is 37.6 Å². The number of benzene rings is 2. The lowest BCUT2D eigenvalue weighted by atomic mass is 9.82. The summed E-state index contributed by atoms with van der Waals surface area (Å²) in [5, 5.41) is 59.4. The zero-order valence-electron chi connectivity index (χ0n) is 16.2. The van der Waals surface area contributed by atoms with E-state index < -0.39 is 54.6 Å². The number of carbonyl (C=O) groups is 2. The van der Waals surface area contributed by atoms with Gasteiger partial charge in [-0.2, -0.15) is 0 Å². The number of fused-ring (bicyclic) bond motifs is 2. The number of aliphatic hydroxyl groups excluding tert-OH is 4. The summed E-state index contributed by atoms with van der Waals surface area (Å²) in [6, 6.07) is 4.87. The maximum atomic E-state index is 13.2. The van der Waals surface area contributed by atoms with Crippen molar-refractivity contribution >= 4 is 11.6 Å². The summed E-state index contributed by atoms with van der Waals surface area (Å²) in [6.45, 7) is 0.965. The number of hydrogen-bond donors (Lipinski definition) is 6. The van der Waals surface area contributed by atoms with Crippen molar-refractivity contribution in [3.63, 3.8) is 0 Å². The fourth-order valence-corrected chi connectivity index (χ4v) is 3.85. The Morgan fingerprint density at radius 3 is 2.26 bits per heavy atom. The Bertz CT molecular complexity index is 1080. The van der Waals surface area contributed by atoms with Crippen molar-refractivity contribution in [3.05, 3.63) is 52.1 Å². The molecule has 10 nitrogen and oxygen atoms in total. The third kappa shape index (κ3) is 3.34. The Hall–Kier alpha value is -3.02. The molecule has 31 heavy (non-hydrogen) atoms. The van der Waals surface area contributed by atoms with E-state index in [2.05, 4.69) is 0 Å². The number of carbonyl (C=O) groups excluding carboxylic acids is 2. The van der Waals surface area contributed by atoms with Gasteiger partial charge in [0.15, 0.2) is 5.78 Å². The molecule has 1 heterocycles. The summed E-state index contributed by atoms with van der Waals surface area (Å²) in [6.07, 6.45) is -7.80. The van der Waals surface area contributed by atoms with Gasteiger partial charge in [0.25, 0.3) is 0 Å². The molecular weight excluding hydrogens is 412 g/mol. The summed E-state index contributed by atoms with van der Waals surface area (Å²) >= 11 is 0. The van der Waals surface area contributed by atoms with Gasteiger partial charge in [0.1, 0.15) is 41.7 Å². The van der Waals surface area contributed by atoms with E-state index in [9.17, 15) is 40.2 Å². The first kappa shape index (κ1) is 21.2. The van der Waals surface area contributed by atoms with Crippen LogP contribution >= 0.6 is 0 Å². The zero-order chi connectivity index (χ0) is 22.6. The Labute approximate surface area is 175 Å². The summed E-state index contributed by atoms with van der Waals surface area (Å²) in [5.74, 6) is -2.50. The number of ketones is 2. The average molecular weight is 432 g/mol. The number of phenolic OH excluding ortho intramolecular Hbond substituents is 2. The minimum atomic E-state index is -1.72. The summed E-state index contributed by atoms with van der Waals surface area (Å²) in [4.78, 5) is 26.2. The van der Waals surface area contributed by atoms with Crippen LogP contribution in [0.1, 0.15) is 37.4 Å². The molecule has 0 saturated carbocycles. The molecule has 2 aliphatic rings. The number of phenols is 2. The highest BCUT2D eigenvalue weighted by molar-refractivity contribution is 6.30. The van der Waals surface area contributed by atoms with Gasteiger partial charge in [-0.05, 0) is 30.7 Å². The van der Waals surface area contributed by atoms with Crippen molar-refractivity contribution in [2.24, 2.45) is 0 Å². The fourth-order valence-electron chi connectivity index (χ4n) is 3.85. The van der Waals surface area contributed by atoms with Gasteiger partial charge in [-0.15, -0.1) is 0 Å². The average Bonchev–Trinajstić information content (AvgIpc) is 2.71. The van der Waals surface area contributed by atoms with Gasteiger partial charge in [-0.25, -0.2) is 0 Å². The van der Waals surface area contributed by atoms with E-state index >= 15 is 0 Å². The molecule has 0 spiro atoms. The van der Waals surface area contributed by atoms with Gasteiger partial charge in [-0.3, -0.25) is 9.59 Å². The van der Waals surface area contributed by atoms with Crippen molar-refractivity contribution in [1.29, 1.82) is 0 Å². The van der Waals surface area contributed by atoms with E-state index in [1.165, 1.54) is 12.1 Å². The molecule has 1 saturated heterocycles. The van der Waals surface area contributed by atoms with Crippen LogP contribution in [-0.4, -0.2) is 79.5 Å². The van der Waals surface area contributed by atoms with Crippen LogP contribution in [0.3, 0.4) is 0 Å². The topological polar surface area (TPSA) is 174 Å². The molecule has 10 heteroatoms. The molecule has 0 aromatic heterocycles. The first-order valence-electron chi connectivity index (χ1n) is 9.41. The van der Waals surface area contributed by atoms with Gasteiger partial charge in [0, 0.05) is 17.2 Å². The summed E-state index contributed by atoms with van der Waals surface area (Å²) < 4.78 is 11.0. The molecule has 1 fully saturated rings. The van der Waals surface area contributed by atoms with Crippen LogP contribution in [0.15, 0.2) is 24.3 Å². The smallest absolute Gasteiger partial charge is 0.229 e. The van der Waals surface area contributed by atoms with Crippen molar-refractivity contribution in [1.82, 2.24) is 0 Å². The van der Waals surface area contributed by atoms with Gasteiger partial charge in [-0.1, -0.05) is 0 Å². The van der Waals surface area contributed by atoms with E-state index in [4.69, 9.17) is 9.47 Å². The minimum absolute atomic E-state index is 0.0397. The molecule has 0 amide bonds. The lowest BCUT2D eigenvalue weighted by Crippen LogP contribution is -2.60. The second-order valence-electron chi connectivity index (χ2n) is 7.55. The van der Waals surface area contributed by atoms with E-state index in [0.29, 0.717) is 5.56 Å². The Kier molecular flexibility index (Phi) is 5.20. The van der Waals surface area contributed by atoms with E-state index in [1.54, 1.807) is 6.92 Å². The number of aromatic hydroxyl groups is 2. The molecule has 0 unspecified atom stereocenters. The quantitative estimate of drug-likeness (QED) is 0.312. The number of ether oxygens (including phenoxy) is 2. The van der Waals surface area contributed by atoms with E-state index in [0.717, 1.165) is 12.1 Å². The van der Waals surface area contributed by atoms with Crippen molar-refractivity contribution < 1.29 is 49.7 Å². The van der Waals surface area contributed by atoms with Gasteiger partial charge in [0.2, 0.25) is 12.1 Å². The van der Waals surface area contributed by atoms with Crippen molar-refractivity contribution in [2.75, 3.05) is 6.61 Å². The highest BCUT2D eigenvalue weighted by atomic mass is 16.7. The van der Waals surface area contributed by atoms with Crippen LogP contribution in [0.25, 0.3) is 0 Å². The first-order chi connectivity index (χ1) is 14.6. The molecule has 164 valence electrons. The molecule has 6 N–H and O–H groups in total. The van der Waals surface area contributed by atoms with Crippen LogP contribution in [0.5, 0.6) is 17.2 Å². The lowest BCUT2D eigenvalue weighted by Gasteiger charge is -2.39. The van der Waals surface area contributed by atoms with Gasteiger partial charge < -0.3 is 40.1 Å². The number of aryl methyl sites for hydroxylation is 1. The largest absolute Gasteiger partial charge is 0.508 e. The lowest BCUT2D eigenvalue weighted by molar-refractivity contribution is -0.277. The minimum Gasteiger partial charge on any atom is -0.508 e. The first-order valence-corrected chi connectivity index (χ1v) is 9.41. The predicted octanol–water partition coefficient (Wildman–Crippen LogP) is -0.640. The molecule has 1 aliphatic heterocycles. The molecule has 5 atom stereocenters.